The molecule has 4 amide bonds. The van der Waals surface area contributed by atoms with E-state index in [4.69, 9.17) is 0 Å². The average molecular weight is 1120 g/mol. The van der Waals surface area contributed by atoms with Crippen molar-refractivity contribution in [3.63, 3.8) is 0 Å². The number of carbonyl (C=O) groups is 6. The van der Waals surface area contributed by atoms with Crippen molar-refractivity contribution in [2.45, 2.75) is 217 Å². The number of carbonyl (C=O) groups excluding carboxylic acids is 6. The highest BCUT2D eigenvalue weighted by molar-refractivity contribution is 5.95. The van der Waals surface area contributed by atoms with Gasteiger partial charge in [-0.2, -0.15) is 0 Å². The number of nitrogens with one attached hydrogen (secondary N) is 3. The van der Waals surface area contributed by atoms with E-state index in [1.165, 1.54) is 11.1 Å². The minimum absolute atomic E-state index is 0.0302. The number of hydrogen-bond donors (Lipinski definition) is 3. The van der Waals surface area contributed by atoms with Crippen molar-refractivity contribution in [3.8, 4) is 0 Å². The van der Waals surface area contributed by atoms with E-state index in [0.29, 0.717) is 50.9 Å². The van der Waals surface area contributed by atoms with Crippen LogP contribution in [0.2, 0.25) is 0 Å². The van der Waals surface area contributed by atoms with Gasteiger partial charge in [0.1, 0.15) is 23.6 Å². The number of aryl methyl sites for hydroxylation is 4. The first-order chi connectivity index (χ1) is 39.9. The minimum atomic E-state index is -0.634. The maximum atomic E-state index is 14.4. The van der Waals surface area contributed by atoms with Crippen LogP contribution in [0.15, 0.2) is 97.3 Å². The second-order valence-electron chi connectivity index (χ2n) is 23.8. The van der Waals surface area contributed by atoms with E-state index in [9.17, 15) is 28.8 Å². The SMILES string of the molecule is CC[C@@H](C)C(=O)N[C@H]1CCCC[C@H]2CC[C@@H](C(=O)N[C@@H](c3ccccc3)c3cn(CCCCc4ccc(CCCCn5cc([C@@H](CC(=O)C6CC[C@@H]7CCCC[C@H](CC(=O)[C@H](C)NC)C(=O)N67)c6ccccc6)nn5)cc4)nn3)N2C1=O. The van der Waals surface area contributed by atoms with E-state index >= 15 is 0 Å². The molecular formula is C65H87N11O6. The molecule has 17 nitrogen and oxygen atoms in total. The molecule has 4 aliphatic heterocycles. The number of unbranched alkanes of at least 4 members (excludes halogenated alkanes) is 2. The summed E-state index contributed by atoms with van der Waals surface area (Å²) in [6, 6.07) is 26.0. The van der Waals surface area contributed by atoms with Crippen LogP contribution in [-0.4, -0.2) is 118 Å². The number of amides is 4. The fourth-order valence-corrected chi connectivity index (χ4v) is 13.0. The van der Waals surface area contributed by atoms with Gasteiger partial charge >= 0.3 is 0 Å². The van der Waals surface area contributed by atoms with E-state index in [2.05, 4.69) is 60.8 Å². The number of hydrogen-bond acceptors (Lipinski definition) is 11. The Balaban J connectivity index is 0.734. The van der Waals surface area contributed by atoms with Crippen LogP contribution in [0.5, 0.6) is 0 Å². The normalized spacial score (nSPS) is 22.6. The summed E-state index contributed by atoms with van der Waals surface area (Å²) in [4.78, 5) is 86.6. The van der Waals surface area contributed by atoms with Crippen molar-refractivity contribution < 1.29 is 28.8 Å². The molecule has 5 aromatic rings. The summed E-state index contributed by atoms with van der Waals surface area (Å²) >= 11 is 0. The molecule has 4 aliphatic rings. The minimum Gasteiger partial charge on any atom is -0.344 e. The van der Waals surface area contributed by atoms with Crippen molar-refractivity contribution in [2.24, 2.45) is 11.8 Å². The van der Waals surface area contributed by atoms with Gasteiger partial charge in [-0.05, 0) is 133 Å². The summed E-state index contributed by atoms with van der Waals surface area (Å²) < 4.78 is 3.74. The first kappa shape index (κ1) is 59.7. The van der Waals surface area contributed by atoms with Crippen LogP contribution in [0.3, 0.4) is 0 Å². The van der Waals surface area contributed by atoms with Crippen LogP contribution in [0.4, 0.5) is 0 Å². The first-order valence-electron chi connectivity index (χ1n) is 30.8. The molecule has 4 fully saturated rings. The monoisotopic (exact) mass is 1120 g/mol. The van der Waals surface area contributed by atoms with Crippen LogP contribution in [0.1, 0.15) is 188 Å². The van der Waals surface area contributed by atoms with Crippen molar-refractivity contribution >= 4 is 35.2 Å². The highest BCUT2D eigenvalue weighted by Gasteiger charge is 2.46. The Morgan fingerprint density at radius 1 is 0.622 bits per heavy atom. The standard InChI is InChI=1S/C65H87N11O6/c1-5-44(2)62(79)67-54-29-15-14-28-52-35-37-58(76(52)65(54)82)63(80)68-61(49-24-10-7-11-25-49)56-43-74(72-70-56)39-19-17-21-47-32-30-46(31-33-47)20-16-18-38-73-42-55(69-71-73)53(48-22-8-6-9-23-48)41-60(78)57-36-34-51-27-13-12-26-50(64(81)75(51)57)40-59(77)45(3)66-4/h6-11,22-25,30-33,42-45,50-54,57-58,61,66H,5,12-21,26-29,34-41H2,1-4H3,(H,67,79)(H,68,80)/t44-,45+,50-,51+,52+,53+,54+,57?,58+,61+/m1/s1. The molecule has 0 saturated carbocycles. The quantitative estimate of drug-likeness (QED) is 0.0446. The van der Waals surface area contributed by atoms with Crippen LogP contribution < -0.4 is 16.0 Å². The van der Waals surface area contributed by atoms with Gasteiger partial charge in [0.2, 0.25) is 23.6 Å². The third-order valence-electron chi connectivity index (χ3n) is 18.2. The lowest BCUT2D eigenvalue weighted by Crippen LogP contribution is -2.57. The molecule has 17 heteroatoms. The lowest BCUT2D eigenvalue weighted by molar-refractivity contribution is -0.145. The van der Waals surface area contributed by atoms with Gasteiger partial charge in [-0.25, -0.2) is 0 Å². The largest absolute Gasteiger partial charge is 0.344 e. The molecule has 10 atom stereocenters. The van der Waals surface area contributed by atoms with Gasteiger partial charge < -0.3 is 25.8 Å². The van der Waals surface area contributed by atoms with Gasteiger partial charge in [-0.15, -0.1) is 10.2 Å². The number of Topliss-reactive ketones (excluding diaryl/α,β-unsaturated/α-hetero) is 2. The molecule has 0 spiro atoms. The number of rotatable bonds is 26. The Hall–Kier alpha value is -6.88. The third kappa shape index (κ3) is 15.0. The van der Waals surface area contributed by atoms with Crippen molar-refractivity contribution in [1.82, 2.24) is 55.7 Å². The van der Waals surface area contributed by atoms with Crippen LogP contribution in [0, 0.1) is 11.8 Å². The van der Waals surface area contributed by atoms with Crippen molar-refractivity contribution in [2.75, 3.05) is 7.05 Å². The topological polar surface area (TPSA) is 206 Å². The molecule has 0 bridgehead atoms. The van der Waals surface area contributed by atoms with Crippen LogP contribution in [0.25, 0.3) is 0 Å². The molecule has 2 aromatic heterocycles. The van der Waals surface area contributed by atoms with Crippen molar-refractivity contribution in [1.29, 1.82) is 0 Å². The third-order valence-corrected chi connectivity index (χ3v) is 18.2. The summed E-state index contributed by atoms with van der Waals surface area (Å²) in [7, 11) is 1.76. The lowest BCUT2D eigenvalue weighted by atomic mass is 9.87. The number of likely N-dealkylation sites (N-methyl/N-ethyl adjacent to an activating group) is 1. The fraction of sp³-hybridized carbons (Fsp3) is 0.569. The molecule has 4 saturated heterocycles. The second kappa shape index (κ2) is 28.9. The Kier molecular flexibility index (Phi) is 21.0. The summed E-state index contributed by atoms with van der Waals surface area (Å²) in [5, 5.41) is 27.5. The highest BCUT2D eigenvalue weighted by Crippen LogP contribution is 2.38. The van der Waals surface area contributed by atoms with E-state index < -0.39 is 30.1 Å². The number of nitrogens with zero attached hydrogens (tertiary/aromatic N) is 8. The molecule has 3 aromatic carbocycles. The highest BCUT2D eigenvalue weighted by atomic mass is 16.2. The Bertz CT molecular complexity index is 2710. The van der Waals surface area contributed by atoms with E-state index in [1.807, 2.05) is 108 Å². The number of ketones is 2. The molecule has 82 heavy (non-hydrogen) atoms. The summed E-state index contributed by atoms with van der Waals surface area (Å²) in [5.74, 6) is -1.34. The molecule has 1 unspecified atom stereocenters. The maximum Gasteiger partial charge on any atom is 0.246 e. The van der Waals surface area contributed by atoms with Crippen LogP contribution in [-0.2, 0) is 54.7 Å². The zero-order chi connectivity index (χ0) is 57.5. The van der Waals surface area contributed by atoms with Gasteiger partial charge in [-0.1, -0.05) is 135 Å². The summed E-state index contributed by atoms with van der Waals surface area (Å²) in [6.07, 6.45) is 20.1. The summed E-state index contributed by atoms with van der Waals surface area (Å²) in [6.45, 7) is 7.06. The fourth-order valence-electron chi connectivity index (χ4n) is 13.0. The number of fused-ring (bicyclic) bond motifs is 2. The average Bonchev–Trinajstić information content (AvgIpc) is 4.39. The lowest BCUT2D eigenvalue weighted by Gasteiger charge is -2.36. The van der Waals surface area contributed by atoms with Gasteiger partial charge in [0.25, 0.3) is 0 Å². The van der Waals surface area contributed by atoms with Crippen LogP contribution >= 0.6 is 0 Å². The van der Waals surface area contributed by atoms with E-state index in [0.717, 1.165) is 107 Å². The van der Waals surface area contributed by atoms with E-state index in [1.54, 1.807) is 11.9 Å². The predicted octanol–water partition coefficient (Wildman–Crippen LogP) is 8.79. The summed E-state index contributed by atoms with van der Waals surface area (Å²) in [5.41, 5.74) is 5.83. The molecule has 0 radical (unpaired) electrons. The molecular weight excluding hydrogens is 1030 g/mol. The predicted molar refractivity (Wildman–Crippen MR) is 314 cm³/mol. The van der Waals surface area contributed by atoms with Gasteiger partial charge in [0, 0.05) is 62.0 Å². The Morgan fingerprint density at radius 3 is 1.78 bits per heavy atom. The zero-order valence-corrected chi connectivity index (χ0v) is 48.8. The van der Waals surface area contributed by atoms with Gasteiger partial charge in [0.15, 0.2) is 5.78 Å². The maximum absolute atomic E-state index is 14.4. The number of benzene rings is 3. The Morgan fingerprint density at radius 2 is 1.17 bits per heavy atom. The zero-order valence-electron chi connectivity index (χ0n) is 48.8. The van der Waals surface area contributed by atoms with Crippen molar-refractivity contribution in [3.05, 3.63) is 131 Å². The van der Waals surface area contributed by atoms with Gasteiger partial charge in [-0.3, -0.25) is 38.1 Å². The molecule has 3 N–H and O–H groups in total. The second-order valence-corrected chi connectivity index (χ2v) is 23.8. The molecule has 438 valence electrons. The van der Waals surface area contributed by atoms with Gasteiger partial charge in [0.05, 0.1) is 30.0 Å². The number of aromatic nitrogens is 6. The molecule has 0 aliphatic carbocycles. The van der Waals surface area contributed by atoms with E-state index in [-0.39, 0.29) is 78.0 Å². The Labute approximate surface area is 484 Å². The molecule has 6 heterocycles. The smallest absolute Gasteiger partial charge is 0.246 e. The first-order valence-corrected chi connectivity index (χ1v) is 30.8. The molecule has 9 rings (SSSR count).